The lowest BCUT2D eigenvalue weighted by Gasteiger charge is -2.27. The Kier molecular flexibility index (Phi) is 6.03. The molecule has 0 saturated heterocycles. The highest BCUT2D eigenvalue weighted by molar-refractivity contribution is 9.10. The Labute approximate surface area is 211 Å². The Bertz CT molecular complexity index is 1460. The van der Waals surface area contributed by atoms with Gasteiger partial charge in [-0.25, -0.2) is 0 Å². The molecule has 7 heteroatoms. The number of pyridine rings is 1. The van der Waals surface area contributed by atoms with Crippen molar-refractivity contribution in [3.8, 4) is 0 Å². The summed E-state index contributed by atoms with van der Waals surface area (Å²) in [6.45, 7) is 4.39. The fourth-order valence-corrected chi connectivity index (χ4v) is 4.78. The maximum absolute atomic E-state index is 13.7. The number of amides is 1. The molecule has 1 atom stereocenters. The van der Waals surface area contributed by atoms with E-state index in [-0.39, 0.29) is 17.9 Å². The molecule has 1 unspecified atom stereocenters. The van der Waals surface area contributed by atoms with Crippen LogP contribution in [0.3, 0.4) is 0 Å². The van der Waals surface area contributed by atoms with Crippen molar-refractivity contribution in [2.45, 2.75) is 32.4 Å². The monoisotopic (exact) mass is 530 g/mol. The molecule has 0 bridgehead atoms. The second kappa shape index (κ2) is 9.15. The van der Waals surface area contributed by atoms with Crippen molar-refractivity contribution in [1.82, 2.24) is 9.88 Å². The number of furan rings is 1. The molecule has 0 saturated carbocycles. The van der Waals surface area contributed by atoms with Gasteiger partial charge in [0.25, 0.3) is 5.91 Å². The van der Waals surface area contributed by atoms with Crippen molar-refractivity contribution >= 4 is 38.6 Å². The van der Waals surface area contributed by atoms with Gasteiger partial charge in [0.2, 0.25) is 5.78 Å². The number of benzene rings is 2. The smallest absolute Gasteiger partial charge is 0.290 e. The van der Waals surface area contributed by atoms with E-state index < -0.39 is 23.5 Å². The van der Waals surface area contributed by atoms with E-state index in [0.717, 1.165) is 26.5 Å². The highest BCUT2D eigenvalue weighted by Gasteiger charge is 2.44. The van der Waals surface area contributed by atoms with Gasteiger partial charge in [-0.2, -0.15) is 0 Å². The number of aliphatic hydroxyl groups is 1. The van der Waals surface area contributed by atoms with E-state index in [1.165, 1.54) is 4.90 Å². The quantitative estimate of drug-likeness (QED) is 0.288. The summed E-state index contributed by atoms with van der Waals surface area (Å²) in [4.78, 5) is 32.6. The second-order valence-corrected chi connectivity index (χ2v) is 9.82. The Morgan fingerprint density at radius 3 is 2.60 bits per heavy atom. The third-order valence-corrected chi connectivity index (χ3v) is 6.74. The van der Waals surface area contributed by atoms with Gasteiger partial charge in [0.15, 0.2) is 11.5 Å². The van der Waals surface area contributed by atoms with E-state index in [4.69, 9.17) is 4.42 Å². The zero-order valence-electron chi connectivity index (χ0n) is 19.2. The Morgan fingerprint density at radius 2 is 1.91 bits per heavy atom. The van der Waals surface area contributed by atoms with Crippen LogP contribution in [0.1, 0.15) is 53.1 Å². The van der Waals surface area contributed by atoms with Crippen LogP contribution in [0.4, 0.5) is 0 Å². The van der Waals surface area contributed by atoms with Gasteiger partial charge in [0, 0.05) is 28.8 Å². The van der Waals surface area contributed by atoms with Crippen LogP contribution in [0.5, 0.6) is 0 Å². The Hall–Kier alpha value is -3.71. The van der Waals surface area contributed by atoms with Gasteiger partial charge in [-0.15, -0.1) is 0 Å². The van der Waals surface area contributed by atoms with Crippen molar-refractivity contribution in [3.63, 3.8) is 0 Å². The fraction of sp³-hybridized carbons (Fsp3) is 0.179. The summed E-state index contributed by atoms with van der Waals surface area (Å²) < 4.78 is 6.67. The minimum absolute atomic E-state index is 0.00862. The molecule has 0 fully saturated rings. The van der Waals surface area contributed by atoms with Gasteiger partial charge in [0.1, 0.15) is 5.58 Å². The number of carbonyl (C=O) groups is 2. The van der Waals surface area contributed by atoms with Crippen molar-refractivity contribution in [3.05, 3.63) is 111 Å². The minimum Gasteiger partial charge on any atom is -0.503 e. The summed E-state index contributed by atoms with van der Waals surface area (Å²) in [7, 11) is 0. The molecule has 1 amide bonds. The molecular formula is C28H23BrN2O4. The first-order chi connectivity index (χ1) is 16.8. The molecule has 3 heterocycles. The Morgan fingerprint density at radius 1 is 1.14 bits per heavy atom. The predicted molar refractivity (Wildman–Crippen MR) is 136 cm³/mol. The number of fused-ring (bicyclic) bond motifs is 1. The van der Waals surface area contributed by atoms with E-state index in [2.05, 4.69) is 34.8 Å². The van der Waals surface area contributed by atoms with Gasteiger partial charge in [-0.3, -0.25) is 14.6 Å². The van der Waals surface area contributed by atoms with Crippen LogP contribution in [-0.4, -0.2) is 26.7 Å². The van der Waals surface area contributed by atoms with Gasteiger partial charge in [-0.1, -0.05) is 60.1 Å². The zero-order chi connectivity index (χ0) is 24.7. The first-order valence-electron chi connectivity index (χ1n) is 11.3. The van der Waals surface area contributed by atoms with Gasteiger partial charge < -0.3 is 14.4 Å². The number of carbonyl (C=O) groups excluding carboxylic acids is 2. The van der Waals surface area contributed by atoms with Crippen LogP contribution in [-0.2, 0) is 11.3 Å². The SMILES string of the molecule is CC(C)c1ccc(C2C(C(=O)c3cc4cc(Br)ccc4o3)=C(O)C(=O)N2Cc2cccnc2)cc1. The molecule has 2 aromatic heterocycles. The van der Waals surface area contributed by atoms with E-state index in [0.29, 0.717) is 11.5 Å². The summed E-state index contributed by atoms with van der Waals surface area (Å²) in [5.41, 5.74) is 3.22. The van der Waals surface area contributed by atoms with Crippen LogP contribution >= 0.6 is 15.9 Å². The summed E-state index contributed by atoms with van der Waals surface area (Å²) in [5.74, 6) is -1.28. The number of aromatic nitrogens is 1. The molecule has 0 radical (unpaired) electrons. The predicted octanol–water partition coefficient (Wildman–Crippen LogP) is 6.49. The minimum atomic E-state index is -0.767. The lowest BCUT2D eigenvalue weighted by molar-refractivity contribution is -0.130. The molecule has 0 spiro atoms. The Balaban J connectivity index is 1.59. The van der Waals surface area contributed by atoms with Crippen LogP contribution in [0.2, 0.25) is 0 Å². The van der Waals surface area contributed by atoms with Gasteiger partial charge in [-0.05, 0) is 52.9 Å². The van der Waals surface area contributed by atoms with E-state index >= 15 is 0 Å². The third-order valence-electron chi connectivity index (χ3n) is 6.25. The fourth-order valence-electron chi connectivity index (χ4n) is 4.41. The highest BCUT2D eigenvalue weighted by Crippen LogP contribution is 2.41. The molecule has 1 aliphatic heterocycles. The summed E-state index contributed by atoms with van der Waals surface area (Å²) in [5, 5.41) is 11.7. The van der Waals surface area contributed by atoms with Gasteiger partial charge >= 0.3 is 0 Å². The molecule has 176 valence electrons. The molecule has 1 aliphatic rings. The number of hydrogen-bond acceptors (Lipinski definition) is 5. The molecule has 35 heavy (non-hydrogen) atoms. The number of ketones is 1. The maximum atomic E-state index is 13.7. The molecule has 2 aromatic carbocycles. The molecule has 0 aliphatic carbocycles. The number of aliphatic hydroxyl groups excluding tert-OH is 1. The summed E-state index contributed by atoms with van der Waals surface area (Å²) >= 11 is 3.43. The van der Waals surface area contributed by atoms with Crippen molar-refractivity contribution in [2.24, 2.45) is 0 Å². The van der Waals surface area contributed by atoms with Crippen molar-refractivity contribution in [1.29, 1.82) is 0 Å². The second-order valence-electron chi connectivity index (χ2n) is 8.90. The average molecular weight is 531 g/mol. The van der Waals surface area contributed by atoms with Gasteiger partial charge in [0.05, 0.1) is 11.6 Å². The molecule has 6 nitrogen and oxygen atoms in total. The third kappa shape index (κ3) is 4.28. The normalized spacial score (nSPS) is 16.1. The number of nitrogens with zero attached hydrogens (tertiary/aromatic N) is 2. The van der Waals surface area contributed by atoms with E-state index in [1.54, 1.807) is 30.6 Å². The molecule has 1 N–H and O–H groups in total. The van der Waals surface area contributed by atoms with Crippen LogP contribution in [0, 0.1) is 0 Å². The van der Waals surface area contributed by atoms with Crippen molar-refractivity contribution in [2.75, 3.05) is 0 Å². The lowest BCUT2D eigenvalue weighted by atomic mass is 9.92. The summed E-state index contributed by atoms with van der Waals surface area (Å²) in [6, 6.07) is 17.7. The van der Waals surface area contributed by atoms with Crippen LogP contribution in [0.25, 0.3) is 11.0 Å². The summed E-state index contributed by atoms with van der Waals surface area (Å²) in [6.07, 6.45) is 3.32. The first kappa shape index (κ1) is 23.1. The maximum Gasteiger partial charge on any atom is 0.290 e. The highest BCUT2D eigenvalue weighted by atomic mass is 79.9. The van der Waals surface area contributed by atoms with E-state index in [1.807, 2.05) is 42.5 Å². The molecule has 5 rings (SSSR count). The van der Waals surface area contributed by atoms with E-state index in [9.17, 15) is 14.7 Å². The molecule has 4 aromatic rings. The number of halogens is 1. The number of hydrogen-bond donors (Lipinski definition) is 1. The van der Waals surface area contributed by atoms with Crippen molar-refractivity contribution < 1.29 is 19.1 Å². The molecular weight excluding hydrogens is 508 g/mol. The number of rotatable bonds is 6. The zero-order valence-corrected chi connectivity index (χ0v) is 20.8. The average Bonchev–Trinajstić information content (AvgIpc) is 3.38. The standard InChI is InChI=1S/C28H23BrN2O4/c1-16(2)18-5-7-19(8-6-18)25-24(26(32)23-13-20-12-21(29)9-10-22(20)35-23)27(33)28(34)31(25)15-17-4-3-11-30-14-17/h3-14,16,25,33H,15H2,1-2H3. The lowest BCUT2D eigenvalue weighted by Crippen LogP contribution is -2.30. The largest absolute Gasteiger partial charge is 0.503 e. The first-order valence-corrected chi connectivity index (χ1v) is 12.1. The van der Waals surface area contributed by atoms with Crippen LogP contribution < -0.4 is 0 Å². The topological polar surface area (TPSA) is 83.6 Å². The van der Waals surface area contributed by atoms with Crippen LogP contribution in [0.15, 0.2) is 93.3 Å². The number of Topliss-reactive ketones (excluding diaryl/α,β-unsaturated/α-hetero) is 1.